The topological polar surface area (TPSA) is 69.6 Å². The van der Waals surface area contributed by atoms with Crippen molar-refractivity contribution in [1.82, 2.24) is 10.2 Å². The summed E-state index contributed by atoms with van der Waals surface area (Å²) in [6.07, 6.45) is 10.3. The van der Waals surface area contributed by atoms with Gasteiger partial charge in [0.25, 0.3) is 5.91 Å². The molecule has 0 bridgehead atoms. The summed E-state index contributed by atoms with van der Waals surface area (Å²) in [6.45, 7) is 7.51. The van der Waals surface area contributed by atoms with Crippen molar-refractivity contribution in [1.29, 1.82) is 0 Å². The van der Waals surface area contributed by atoms with E-state index in [0.717, 1.165) is 34.7 Å². The molecule has 0 heterocycles. The lowest BCUT2D eigenvalue weighted by atomic mass is 9.80. The lowest BCUT2D eigenvalue weighted by Crippen LogP contribution is -2.42. The molecule has 2 N–H and O–H groups in total. The lowest BCUT2D eigenvalue weighted by molar-refractivity contribution is -0.139. The molecule has 210 valence electrons. The van der Waals surface area contributed by atoms with Crippen LogP contribution >= 0.6 is 11.8 Å². The van der Waals surface area contributed by atoms with E-state index in [1.165, 1.54) is 38.5 Å². The number of thioether (sulfide) groups is 1. The van der Waals surface area contributed by atoms with Crippen LogP contribution in [0.5, 0.6) is 0 Å². The van der Waals surface area contributed by atoms with Gasteiger partial charge in [-0.3, -0.25) is 9.69 Å². The van der Waals surface area contributed by atoms with E-state index in [9.17, 15) is 14.7 Å². The van der Waals surface area contributed by atoms with Crippen LogP contribution in [0.3, 0.4) is 0 Å². The Bertz CT molecular complexity index is 1060. The second kappa shape index (κ2) is 14.7. The third-order valence-electron chi connectivity index (χ3n) is 7.94. The van der Waals surface area contributed by atoms with Crippen molar-refractivity contribution in [2.24, 2.45) is 5.92 Å². The van der Waals surface area contributed by atoms with Crippen LogP contribution in [0.4, 0.5) is 0 Å². The summed E-state index contributed by atoms with van der Waals surface area (Å²) in [7, 11) is 2.19. The molecular weight excluding hydrogens is 492 g/mol. The highest BCUT2D eigenvalue weighted by atomic mass is 32.2. The Morgan fingerprint density at radius 2 is 1.79 bits per heavy atom. The molecule has 0 unspecified atom stereocenters. The molecule has 1 aliphatic rings. The Hall–Kier alpha value is -2.31. The van der Waals surface area contributed by atoms with Crippen molar-refractivity contribution in [3.05, 3.63) is 59.2 Å². The Labute approximate surface area is 234 Å². The van der Waals surface area contributed by atoms with Crippen LogP contribution in [-0.4, -0.2) is 52.5 Å². The third kappa shape index (κ3) is 8.60. The molecule has 3 rings (SSSR count). The average molecular weight is 541 g/mol. The summed E-state index contributed by atoms with van der Waals surface area (Å²) >= 11 is 1.57. The van der Waals surface area contributed by atoms with E-state index in [2.05, 4.69) is 37.2 Å². The summed E-state index contributed by atoms with van der Waals surface area (Å²) in [5, 5.41) is 12.4. The second-order valence-corrected chi connectivity index (χ2v) is 12.2. The van der Waals surface area contributed by atoms with Crippen LogP contribution in [0.2, 0.25) is 0 Å². The minimum absolute atomic E-state index is 0. The summed E-state index contributed by atoms with van der Waals surface area (Å²) in [5.41, 5.74) is 4.66. The normalized spacial score (nSPS) is 15.1. The van der Waals surface area contributed by atoms with Crippen molar-refractivity contribution in [3.63, 3.8) is 0 Å². The molecule has 5 nitrogen and oxygen atoms in total. The van der Waals surface area contributed by atoms with Crippen molar-refractivity contribution in [3.8, 4) is 11.1 Å². The number of carbonyl (C=O) groups excluding carboxylic acids is 1. The predicted molar refractivity (Wildman–Crippen MR) is 162 cm³/mol. The van der Waals surface area contributed by atoms with Gasteiger partial charge in [0, 0.05) is 17.6 Å². The first kappa shape index (κ1) is 31.9. The smallest absolute Gasteiger partial charge is 0.326 e. The molecule has 0 spiro atoms. The summed E-state index contributed by atoms with van der Waals surface area (Å²) < 4.78 is 0. The van der Waals surface area contributed by atoms with Gasteiger partial charge in [-0.2, -0.15) is 11.8 Å². The fraction of sp³-hybridized carbons (Fsp3) is 0.562. The van der Waals surface area contributed by atoms with Crippen molar-refractivity contribution < 1.29 is 14.7 Å². The van der Waals surface area contributed by atoms with Crippen LogP contribution in [0, 0.1) is 12.8 Å². The summed E-state index contributed by atoms with van der Waals surface area (Å²) in [5.74, 6) is 0.125. The SMILES string of the molecule is C.CSCC[C@H](NC(=O)c1ccc(CN(C)C(C)(C)CC2CCCCC2)cc1-c1ccccc1C)C(=O)O. The fourth-order valence-corrected chi connectivity index (χ4v) is 5.93. The number of nitrogens with one attached hydrogen (secondary N) is 1. The second-order valence-electron chi connectivity index (χ2n) is 11.2. The largest absolute Gasteiger partial charge is 0.480 e. The quantitative estimate of drug-likeness (QED) is 0.293. The van der Waals surface area contributed by atoms with Gasteiger partial charge >= 0.3 is 5.97 Å². The van der Waals surface area contributed by atoms with E-state index >= 15 is 0 Å². The first-order valence-corrected chi connectivity index (χ1v) is 14.9. The molecule has 1 amide bonds. The van der Waals surface area contributed by atoms with Gasteiger partial charge in [-0.15, -0.1) is 0 Å². The van der Waals surface area contributed by atoms with E-state index in [0.29, 0.717) is 17.7 Å². The molecule has 2 aromatic carbocycles. The van der Waals surface area contributed by atoms with Crippen LogP contribution in [0.15, 0.2) is 42.5 Å². The molecule has 1 fully saturated rings. The minimum Gasteiger partial charge on any atom is -0.480 e. The van der Waals surface area contributed by atoms with Crippen molar-refractivity contribution >= 4 is 23.6 Å². The van der Waals surface area contributed by atoms with Crippen LogP contribution in [0.1, 0.15) is 87.7 Å². The van der Waals surface area contributed by atoms with Gasteiger partial charge in [-0.1, -0.05) is 69.9 Å². The number of nitrogens with zero attached hydrogens (tertiary/aromatic N) is 1. The number of carboxylic acid groups (broad SMARTS) is 1. The van der Waals surface area contributed by atoms with Gasteiger partial charge in [-0.25, -0.2) is 4.79 Å². The first-order chi connectivity index (χ1) is 17.6. The molecule has 1 atom stereocenters. The number of amides is 1. The van der Waals surface area contributed by atoms with Gasteiger partial charge in [0.05, 0.1) is 0 Å². The number of carbonyl (C=O) groups is 2. The standard InChI is InChI=1S/C31H44N2O3S.CH4/c1-22-11-9-10-14-25(22)27-19-24(21-33(4)31(2,3)20-23-12-7-6-8-13-23)15-16-26(27)29(34)32-28(30(35)36)17-18-37-5;/h9-11,14-16,19,23,28H,6-8,12-13,17-18,20-21H2,1-5H3,(H,32,34)(H,35,36);1H4/t28-;/m0./s1. The molecule has 1 saturated carbocycles. The van der Waals surface area contributed by atoms with Crippen molar-refractivity contribution in [2.45, 2.75) is 91.3 Å². The Kier molecular flexibility index (Phi) is 12.4. The van der Waals surface area contributed by atoms with Crippen molar-refractivity contribution in [2.75, 3.05) is 19.1 Å². The summed E-state index contributed by atoms with van der Waals surface area (Å²) in [4.78, 5) is 27.5. The Morgan fingerprint density at radius 1 is 1.11 bits per heavy atom. The zero-order chi connectivity index (χ0) is 27.0. The first-order valence-electron chi connectivity index (χ1n) is 13.5. The van der Waals surface area contributed by atoms with Gasteiger partial charge < -0.3 is 10.4 Å². The van der Waals surface area contributed by atoms with Crippen LogP contribution < -0.4 is 5.32 Å². The van der Waals surface area contributed by atoms with Gasteiger partial charge in [0.15, 0.2) is 0 Å². The van der Waals surface area contributed by atoms with E-state index < -0.39 is 12.0 Å². The Morgan fingerprint density at radius 3 is 2.42 bits per heavy atom. The molecule has 0 aliphatic heterocycles. The Balaban J connectivity index is 0.00000507. The molecule has 6 heteroatoms. The van der Waals surface area contributed by atoms with Gasteiger partial charge in [-0.05, 0) is 93.0 Å². The maximum Gasteiger partial charge on any atom is 0.326 e. The maximum atomic E-state index is 13.4. The molecule has 0 aromatic heterocycles. The van der Waals surface area contributed by atoms with Crippen LogP contribution in [0.25, 0.3) is 11.1 Å². The number of hydrogen-bond acceptors (Lipinski definition) is 4. The van der Waals surface area contributed by atoms with E-state index in [1.807, 2.05) is 49.6 Å². The number of carboxylic acids is 1. The molecular formula is C32H48N2O3S. The fourth-order valence-electron chi connectivity index (χ4n) is 5.46. The highest BCUT2D eigenvalue weighted by Crippen LogP contribution is 2.34. The highest BCUT2D eigenvalue weighted by molar-refractivity contribution is 7.98. The minimum atomic E-state index is -1.00. The molecule has 38 heavy (non-hydrogen) atoms. The lowest BCUT2D eigenvalue weighted by Gasteiger charge is -2.39. The number of aliphatic carboxylic acids is 1. The monoisotopic (exact) mass is 540 g/mol. The molecule has 0 saturated heterocycles. The molecule has 2 aromatic rings. The van der Waals surface area contributed by atoms with E-state index in [4.69, 9.17) is 0 Å². The number of hydrogen-bond donors (Lipinski definition) is 2. The van der Waals surface area contributed by atoms with E-state index in [1.54, 1.807) is 11.8 Å². The number of rotatable bonds is 12. The van der Waals surface area contributed by atoms with E-state index in [-0.39, 0.29) is 18.9 Å². The van der Waals surface area contributed by atoms with Gasteiger partial charge in [0.2, 0.25) is 0 Å². The summed E-state index contributed by atoms with van der Waals surface area (Å²) in [6, 6.07) is 13.1. The average Bonchev–Trinajstić information content (AvgIpc) is 2.86. The van der Waals surface area contributed by atoms with Crippen LogP contribution in [-0.2, 0) is 11.3 Å². The number of aryl methyl sites for hydroxylation is 1. The highest BCUT2D eigenvalue weighted by Gasteiger charge is 2.29. The zero-order valence-electron chi connectivity index (χ0n) is 23.2. The molecule has 1 aliphatic carbocycles. The molecule has 0 radical (unpaired) electrons. The number of benzene rings is 2. The third-order valence-corrected chi connectivity index (χ3v) is 8.59. The zero-order valence-corrected chi connectivity index (χ0v) is 24.0. The predicted octanol–water partition coefficient (Wildman–Crippen LogP) is 7.42. The maximum absolute atomic E-state index is 13.4. The van der Waals surface area contributed by atoms with Gasteiger partial charge in [0.1, 0.15) is 6.04 Å².